The molecule has 1 aromatic heterocycles. The molecule has 0 aliphatic rings. The molecule has 0 spiro atoms. The molecule has 0 amide bonds. The molecule has 66 valence electrons. The Morgan fingerprint density at radius 2 is 2.15 bits per heavy atom. The van der Waals surface area contributed by atoms with E-state index in [-0.39, 0.29) is 5.13 Å². The van der Waals surface area contributed by atoms with Crippen LogP contribution in [0.1, 0.15) is 10.4 Å². The van der Waals surface area contributed by atoms with Crippen molar-refractivity contribution in [3.8, 4) is 0 Å². The lowest BCUT2D eigenvalue weighted by Gasteiger charge is -1.94. The molecule has 0 unspecified atom stereocenters. The van der Waals surface area contributed by atoms with Gasteiger partial charge in [-0.1, -0.05) is 15.9 Å². The van der Waals surface area contributed by atoms with Crippen LogP contribution in [0.4, 0.5) is 4.39 Å². The molecular weight excluding hydrogens is 255 g/mol. The number of halogens is 2. The fourth-order valence-corrected chi connectivity index (χ4v) is 2.74. The molecule has 1 heterocycles. The number of benzene rings is 1. The van der Waals surface area contributed by atoms with Crippen LogP contribution < -0.4 is 0 Å². The predicted octanol–water partition coefficient (Wildman–Crippen LogP) is 3.62. The summed E-state index contributed by atoms with van der Waals surface area (Å²) in [5.74, 6) is 0. The summed E-state index contributed by atoms with van der Waals surface area (Å²) in [5, 5.41) is 0.576. The maximum atomic E-state index is 12.8. The largest absolute Gasteiger partial charge is 0.298 e. The van der Waals surface area contributed by atoms with E-state index in [1.54, 1.807) is 12.1 Å². The number of carbonyl (C=O) groups is 1. The second-order valence-electron chi connectivity index (χ2n) is 2.58. The van der Waals surface area contributed by atoms with Crippen LogP contribution in [-0.4, -0.2) is 6.29 Å². The minimum absolute atomic E-state index is 0.237. The molecular formula is C9H4BrFOS. The number of rotatable bonds is 1. The van der Waals surface area contributed by atoms with Gasteiger partial charge in [-0.15, -0.1) is 11.3 Å². The first kappa shape index (κ1) is 8.84. The van der Waals surface area contributed by atoms with E-state index in [1.165, 1.54) is 6.07 Å². The summed E-state index contributed by atoms with van der Waals surface area (Å²) < 4.78 is 14.4. The van der Waals surface area contributed by atoms with Gasteiger partial charge in [-0.05, 0) is 18.2 Å². The highest BCUT2D eigenvalue weighted by molar-refractivity contribution is 9.10. The Balaban J connectivity index is 2.82. The highest BCUT2D eigenvalue weighted by Gasteiger charge is 2.06. The van der Waals surface area contributed by atoms with Crippen molar-refractivity contribution in [1.82, 2.24) is 0 Å². The third-order valence-electron chi connectivity index (χ3n) is 1.72. The van der Waals surface area contributed by atoms with Gasteiger partial charge < -0.3 is 0 Å². The summed E-state index contributed by atoms with van der Waals surface area (Å²) in [6, 6.07) is 4.82. The minimum atomic E-state index is -0.237. The number of hydrogen-bond donors (Lipinski definition) is 0. The van der Waals surface area contributed by atoms with Gasteiger partial charge in [0, 0.05) is 20.1 Å². The molecule has 1 nitrogen and oxygen atoms in total. The fraction of sp³-hybridized carbons (Fsp3) is 0. The first-order valence-electron chi connectivity index (χ1n) is 3.54. The van der Waals surface area contributed by atoms with Crippen molar-refractivity contribution in [3.05, 3.63) is 33.4 Å². The van der Waals surface area contributed by atoms with Crippen LogP contribution in [0.25, 0.3) is 10.1 Å². The number of hydrogen-bond acceptors (Lipinski definition) is 2. The number of thiophene rings is 1. The van der Waals surface area contributed by atoms with E-state index in [2.05, 4.69) is 15.9 Å². The van der Waals surface area contributed by atoms with E-state index < -0.39 is 0 Å². The molecule has 0 radical (unpaired) electrons. The Labute approximate surface area is 86.3 Å². The first-order valence-corrected chi connectivity index (χ1v) is 5.15. The summed E-state index contributed by atoms with van der Waals surface area (Å²) in [6.45, 7) is 0. The fourth-order valence-electron chi connectivity index (χ4n) is 1.15. The average molecular weight is 259 g/mol. The van der Waals surface area contributed by atoms with Crippen molar-refractivity contribution in [1.29, 1.82) is 0 Å². The van der Waals surface area contributed by atoms with Gasteiger partial charge in [0.1, 0.15) is 6.29 Å². The van der Waals surface area contributed by atoms with Gasteiger partial charge in [0.15, 0.2) is 5.13 Å². The number of aldehydes is 1. The first-order chi connectivity index (χ1) is 6.20. The van der Waals surface area contributed by atoms with Crippen molar-refractivity contribution in [2.24, 2.45) is 0 Å². The quantitative estimate of drug-likeness (QED) is 0.715. The predicted molar refractivity (Wildman–Crippen MR) is 54.9 cm³/mol. The molecule has 1 aromatic carbocycles. The van der Waals surface area contributed by atoms with Crippen molar-refractivity contribution >= 4 is 43.6 Å². The summed E-state index contributed by atoms with van der Waals surface area (Å²) in [5.41, 5.74) is 0.557. The van der Waals surface area contributed by atoms with Crippen molar-refractivity contribution in [3.63, 3.8) is 0 Å². The molecule has 0 fully saturated rings. The Kier molecular flexibility index (Phi) is 2.17. The van der Waals surface area contributed by atoms with Crippen LogP contribution in [0.5, 0.6) is 0 Å². The van der Waals surface area contributed by atoms with E-state index in [9.17, 15) is 9.18 Å². The Morgan fingerprint density at radius 3 is 2.85 bits per heavy atom. The second-order valence-corrected chi connectivity index (χ2v) is 4.47. The number of fused-ring (bicyclic) bond motifs is 1. The lowest BCUT2D eigenvalue weighted by molar-refractivity contribution is 0.112. The molecule has 0 aliphatic heterocycles. The van der Waals surface area contributed by atoms with Crippen LogP contribution in [0.3, 0.4) is 0 Å². The second kappa shape index (κ2) is 3.20. The standard InChI is InChI=1S/C9H4BrFOS/c10-7-1-5(4-12)2-8-6(7)3-9(11)13-8/h1-4H. The van der Waals surface area contributed by atoms with Crippen molar-refractivity contribution < 1.29 is 9.18 Å². The van der Waals surface area contributed by atoms with Crippen molar-refractivity contribution in [2.75, 3.05) is 0 Å². The summed E-state index contributed by atoms with van der Waals surface area (Å²) in [6.07, 6.45) is 0.752. The summed E-state index contributed by atoms with van der Waals surface area (Å²) in [4.78, 5) is 10.5. The van der Waals surface area contributed by atoms with Crippen LogP contribution in [-0.2, 0) is 0 Å². The minimum Gasteiger partial charge on any atom is -0.298 e. The van der Waals surface area contributed by atoms with Gasteiger partial charge in [-0.3, -0.25) is 4.79 Å². The van der Waals surface area contributed by atoms with Crippen molar-refractivity contribution in [2.45, 2.75) is 0 Å². The molecule has 0 bridgehead atoms. The summed E-state index contributed by atoms with van der Waals surface area (Å²) >= 11 is 4.32. The third-order valence-corrected chi connectivity index (χ3v) is 3.24. The lowest BCUT2D eigenvalue weighted by atomic mass is 10.2. The maximum Gasteiger partial charge on any atom is 0.177 e. The van der Waals surface area contributed by atoms with E-state index >= 15 is 0 Å². The average Bonchev–Trinajstić information content (AvgIpc) is 2.46. The Morgan fingerprint density at radius 1 is 1.38 bits per heavy atom. The Bertz CT molecular complexity index is 478. The van der Waals surface area contributed by atoms with Crippen LogP contribution >= 0.6 is 27.3 Å². The van der Waals surface area contributed by atoms with Gasteiger partial charge in [-0.25, -0.2) is 0 Å². The topological polar surface area (TPSA) is 17.1 Å². The van der Waals surface area contributed by atoms with E-state index in [4.69, 9.17) is 0 Å². The van der Waals surface area contributed by atoms with E-state index in [1.807, 2.05) is 0 Å². The van der Waals surface area contributed by atoms with Crippen LogP contribution in [0, 0.1) is 5.13 Å². The molecule has 0 N–H and O–H groups in total. The highest BCUT2D eigenvalue weighted by Crippen LogP contribution is 2.31. The molecule has 2 rings (SSSR count). The molecule has 0 saturated heterocycles. The lowest BCUT2D eigenvalue weighted by Crippen LogP contribution is -1.78. The van der Waals surface area contributed by atoms with E-state index in [0.717, 1.165) is 32.2 Å². The van der Waals surface area contributed by atoms with Gasteiger partial charge in [0.2, 0.25) is 0 Å². The highest BCUT2D eigenvalue weighted by atomic mass is 79.9. The van der Waals surface area contributed by atoms with Crippen LogP contribution in [0.15, 0.2) is 22.7 Å². The number of carbonyl (C=O) groups excluding carboxylic acids is 1. The zero-order valence-electron chi connectivity index (χ0n) is 6.38. The Hall–Kier alpha value is -0.740. The van der Waals surface area contributed by atoms with Crippen LogP contribution in [0.2, 0.25) is 0 Å². The van der Waals surface area contributed by atoms with Gasteiger partial charge in [0.05, 0.1) is 0 Å². The maximum absolute atomic E-state index is 12.8. The molecule has 2 aromatic rings. The molecule has 0 aliphatic carbocycles. The molecule has 13 heavy (non-hydrogen) atoms. The summed E-state index contributed by atoms with van der Waals surface area (Å²) in [7, 11) is 0. The van der Waals surface area contributed by atoms with Gasteiger partial charge in [0.25, 0.3) is 0 Å². The third kappa shape index (κ3) is 1.51. The SMILES string of the molecule is O=Cc1cc(Br)c2cc(F)sc2c1. The smallest absolute Gasteiger partial charge is 0.177 e. The molecule has 0 atom stereocenters. The van der Waals surface area contributed by atoms with E-state index in [0.29, 0.717) is 5.56 Å². The van der Waals surface area contributed by atoms with Gasteiger partial charge in [-0.2, -0.15) is 4.39 Å². The zero-order chi connectivity index (χ0) is 9.42. The van der Waals surface area contributed by atoms with Gasteiger partial charge >= 0.3 is 0 Å². The molecule has 0 saturated carbocycles. The monoisotopic (exact) mass is 258 g/mol. The zero-order valence-corrected chi connectivity index (χ0v) is 8.78. The normalized spacial score (nSPS) is 10.6. The molecule has 4 heteroatoms.